The predicted molar refractivity (Wildman–Crippen MR) is 134 cm³/mol. The molecule has 4 aromatic carbocycles. The lowest BCUT2D eigenvalue weighted by Crippen LogP contribution is -2.39. The van der Waals surface area contributed by atoms with Crippen molar-refractivity contribution < 1.29 is 5.11 Å². The van der Waals surface area contributed by atoms with Crippen molar-refractivity contribution in [3.05, 3.63) is 144 Å². The fraction of sp³-hybridized carbons (Fsp3) is 0.0690. The molecule has 1 heterocycles. The third-order valence-corrected chi connectivity index (χ3v) is 5.85. The van der Waals surface area contributed by atoms with Crippen molar-refractivity contribution in [2.45, 2.75) is 5.54 Å². The molecule has 0 aliphatic rings. The van der Waals surface area contributed by atoms with E-state index in [-0.39, 0.29) is 6.61 Å². The van der Waals surface area contributed by atoms with Crippen LogP contribution in [0, 0.1) is 0 Å². The maximum atomic E-state index is 9.11. The summed E-state index contributed by atoms with van der Waals surface area (Å²) in [6, 6.07) is 38.7. The number of hydrogen-bond acceptors (Lipinski definition) is 4. The molecule has 5 heteroatoms. The minimum atomic E-state index is -0.802. The number of aliphatic hydroxyl groups excluding tert-OH is 1. The Labute approximate surface area is 198 Å². The van der Waals surface area contributed by atoms with E-state index in [0.29, 0.717) is 5.82 Å². The molecule has 0 aliphatic carbocycles. The first kappa shape index (κ1) is 21.5. The molecule has 34 heavy (non-hydrogen) atoms. The van der Waals surface area contributed by atoms with Crippen molar-refractivity contribution >= 4 is 6.08 Å². The molecule has 0 saturated carbocycles. The highest BCUT2D eigenvalue weighted by Gasteiger charge is 2.41. The fourth-order valence-electron chi connectivity index (χ4n) is 4.33. The molecule has 1 aromatic heterocycles. The van der Waals surface area contributed by atoms with Gasteiger partial charge in [0, 0.05) is 5.56 Å². The molecule has 166 valence electrons. The van der Waals surface area contributed by atoms with Crippen molar-refractivity contribution in [1.29, 1.82) is 0 Å². The van der Waals surface area contributed by atoms with Crippen LogP contribution in [0.4, 0.5) is 0 Å². The van der Waals surface area contributed by atoms with E-state index in [4.69, 9.17) is 10.2 Å². The summed E-state index contributed by atoms with van der Waals surface area (Å²) in [5, 5.41) is 23.1. The van der Waals surface area contributed by atoms with Crippen molar-refractivity contribution in [3.8, 4) is 11.4 Å². The lowest BCUT2D eigenvalue weighted by atomic mass is 9.77. The second-order valence-electron chi connectivity index (χ2n) is 7.92. The third kappa shape index (κ3) is 3.93. The quantitative estimate of drug-likeness (QED) is 0.351. The highest BCUT2D eigenvalue weighted by Crippen LogP contribution is 2.39. The Morgan fingerprint density at radius 2 is 1.26 bits per heavy atom. The van der Waals surface area contributed by atoms with Crippen LogP contribution in [-0.2, 0) is 5.54 Å². The average molecular weight is 445 g/mol. The molecule has 0 bridgehead atoms. The molecule has 0 saturated heterocycles. The molecule has 0 unspecified atom stereocenters. The standard InChI is InChI=1S/C29H24N4O/c34-21-11-13-23-12-10-14-24(22-23)28-30-32-33(31-28)29(25-15-4-1-5-16-25,26-17-6-2-7-18-26)27-19-8-3-9-20-27/h1-20,22,34H,21H2/b13-11+. The Bertz CT molecular complexity index is 1280. The second kappa shape index (κ2) is 9.65. The Kier molecular flexibility index (Phi) is 6.10. The van der Waals surface area contributed by atoms with Gasteiger partial charge < -0.3 is 5.11 Å². The van der Waals surface area contributed by atoms with E-state index in [0.717, 1.165) is 27.8 Å². The van der Waals surface area contributed by atoms with Gasteiger partial charge in [-0.15, -0.1) is 15.0 Å². The van der Waals surface area contributed by atoms with Crippen LogP contribution in [0.3, 0.4) is 0 Å². The molecule has 0 amide bonds. The Balaban J connectivity index is 1.74. The summed E-state index contributed by atoms with van der Waals surface area (Å²) in [5.41, 5.74) is 4.13. The summed E-state index contributed by atoms with van der Waals surface area (Å²) < 4.78 is 0. The van der Waals surface area contributed by atoms with Gasteiger partial charge in [-0.3, -0.25) is 0 Å². The van der Waals surface area contributed by atoms with E-state index in [9.17, 15) is 0 Å². The normalized spacial score (nSPS) is 11.7. The smallest absolute Gasteiger partial charge is 0.205 e. The van der Waals surface area contributed by atoms with Crippen LogP contribution < -0.4 is 0 Å². The van der Waals surface area contributed by atoms with Crippen LogP contribution in [-0.4, -0.2) is 31.9 Å². The molecule has 5 rings (SSSR count). The zero-order chi connectivity index (χ0) is 23.2. The SMILES string of the molecule is OC/C=C/c1cccc(-c2nnn(C(c3ccccc3)(c3ccccc3)c3ccccc3)n2)c1. The maximum Gasteiger partial charge on any atom is 0.205 e. The van der Waals surface area contributed by atoms with E-state index in [1.165, 1.54) is 0 Å². The van der Waals surface area contributed by atoms with Gasteiger partial charge in [-0.1, -0.05) is 121 Å². The average Bonchev–Trinajstić information content (AvgIpc) is 3.41. The lowest BCUT2D eigenvalue weighted by Gasteiger charge is -2.34. The molecular weight excluding hydrogens is 420 g/mol. The van der Waals surface area contributed by atoms with Gasteiger partial charge in [0.1, 0.15) is 0 Å². The zero-order valence-corrected chi connectivity index (χ0v) is 18.6. The molecule has 1 N–H and O–H groups in total. The minimum absolute atomic E-state index is 0.00753. The summed E-state index contributed by atoms with van der Waals surface area (Å²) in [5.74, 6) is 0.534. The third-order valence-electron chi connectivity index (χ3n) is 5.85. The lowest BCUT2D eigenvalue weighted by molar-refractivity contribution is 0.343. The van der Waals surface area contributed by atoms with Crippen LogP contribution >= 0.6 is 0 Å². The zero-order valence-electron chi connectivity index (χ0n) is 18.6. The van der Waals surface area contributed by atoms with Crippen LogP contribution in [0.2, 0.25) is 0 Å². The first-order chi connectivity index (χ1) is 16.8. The molecule has 0 spiro atoms. The van der Waals surface area contributed by atoms with Crippen molar-refractivity contribution in [2.75, 3.05) is 6.61 Å². The molecular formula is C29H24N4O. The number of rotatable bonds is 7. The number of aromatic nitrogens is 4. The summed E-state index contributed by atoms with van der Waals surface area (Å²) in [6.07, 6.45) is 3.57. The van der Waals surface area contributed by atoms with Gasteiger partial charge in [-0.2, -0.15) is 0 Å². The largest absolute Gasteiger partial charge is 0.392 e. The fourth-order valence-corrected chi connectivity index (χ4v) is 4.33. The summed E-state index contributed by atoms with van der Waals surface area (Å²) in [6.45, 7) is -0.00753. The molecule has 0 radical (unpaired) electrons. The summed E-state index contributed by atoms with van der Waals surface area (Å²) in [7, 11) is 0. The molecule has 0 atom stereocenters. The van der Waals surface area contributed by atoms with Gasteiger partial charge >= 0.3 is 0 Å². The van der Waals surface area contributed by atoms with Crippen LogP contribution in [0.25, 0.3) is 17.5 Å². The topological polar surface area (TPSA) is 63.8 Å². The van der Waals surface area contributed by atoms with Gasteiger partial charge in [-0.25, -0.2) is 0 Å². The number of nitrogens with zero attached hydrogens (tertiary/aromatic N) is 4. The van der Waals surface area contributed by atoms with Crippen molar-refractivity contribution in [3.63, 3.8) is 0 Å². The van der Waals surface area contributed by atoms with E-state index < -0.39 is 5.54 Å². The Hall–Kier alpha value is -4.35. The number of hydrogen-bond donors (Lipinski definition) is 1. The van der Waals surface area contributed by atoms with Crippen LogP contribution in [0.5, 0.6) is 0 Å². The van der Waals surface area contributed by atoms with Gasteiger partial charge in [0.25, 0.3) is 0 Å². The van der Waals surface area contributed by atoms with E-state index in [1.54, 1.807) is 10.9 Å². The molecule has 0 aliphatic heterocycles. The molecule has 5 aromatic rings. The van der Waals surface area contributed by atoms with Gasteiger partial charge in [0.05, 0.1) is 6.61 Å². The van der Waals surface area contributed by atoms with E-state index >= 15 is 0 Å². The van der Waals surface area contributed by atoms with Crippen molar-refractivity contribution in [2.24, 2.45) is 0 Å². The summed E-state index contributed by atoms with van der Waals surface area (Å²) in [4.78, 5) is 1.72. The Morgan fingerprint density at radius 3 is 1.79 bits per heavy atom. The number of tetrazole rings is 1. The van der Waals surface area contributed by atoms with Gasteiger partial charge in [0.15, 0.2) is 5.54 Å². The highest BCUT2D eigenvalue weighted by atomic mass is 16.2. The first-order valence-corrected chi connectivity index (χ1v) is 11.2. The number of aliphatic hydroxyl groups is 1. The second-order valence-corrected chi connectivity index (χ2v) is 7.92. The van der Waals surface area contributed by atoms with Gasteiger partial charge in [-0.05, 0) is 33.5 Å². The summed E-state index contributed by atoms with van der Waals surface area (Å²) >= 11 is 0. The maximum absolute atomic E-state index is 9.11. The van der Waals surface area contributed by atoms with E-state index in [2.05, 4.69) is 46.7 Å². The molecule has 5 nitrogen and oxygen atoms in total. The monoisotopic (exact) mass is 444 g/mol. The first-order valence-electron chi connectivity index (χ1n) is 11.2. The Morgan fingerprint density at radius 1 is 0.706 bits per heavy atom. The van der Waals surface area contributed by atoms with E-state index in [1.807, 2.05) is 84.9 Å². The minimum Gasteiger partial charge on any atom is -0.392 e. The highest BCUT2D eigenvalue weighted by molar-refractivity contribution is 5.61. The number of benzene rings is 4. The van der Waals surface area contributed by atoms with Gasteiger partial charge in [0.2, 0.25) is 5.82 Å². The van der Waals surface area contributed by atoms with Crippen LogP contribution in [0.1, 0.15) is 22.3 Å². The van der Waals surface area contributed by atoms with Crippen LogP contribution in [0.15, 0.2) is 121 Å². The molecule has 0 fully saturated rings. The van der Waals surface area contributed by atoms with Crippen molar-refractivity contribution in [1.82, 2.24) is 20.2 Å². The predicted octanol–water partition coefficient (Wildman–Crippen LogP) is 5.19.